The van der Waals surface area contributed by atoms with E-state index in [0.717, 1.165) is 12.8 Å². The van der Waals surface area contributed by atoms with Gasteiger partial charge >= 0.3 is 5.97 Å². The van der Waals surface area contributed by atoms with Crippen LogP contribution in [0.5, 0.6) is 5.75 Å². The number of methoxy groups -OCH3 is 1. The van der Waals surface area contributed by atoms with Gasteiger partial charge in [-0.1, -0.05) is 24.3 Å². The highest BCUT2D eigenvalue weighted by Crippen LogP contribution is 2.21. The Bertz CT molecular complexity index is 1050. The Morgan fingerprint density at radius 3 is 2.48 bits per heavy atom. The van der Waals surface area contributed by atoms with Gasteiger partial charge in [0.25, 0.3) is 11.8 Å². The molecular weight excluding hydrogens is 398 g/mol. The van der Waals surface area contributed by atoms with Crippen molar-refractivity contribution in [3.05, 3.63) is 65.2 Å². The second-order valence-corrected chi connectivity index (χ2v) is 6.86. The molecule has 8 heteroatoms. The van der Waals surface area contributed by atoms with Crippen molar-refractivity contribution in [2.24, 2.45) is 0 Å². The zero-order valence-corrected chi connectivity index (χ0v) is 16.9. The Balaban J connectivity index is 1.58. The van der Waals surface area contributed by atoms with Crippen LogP contribution in [0, 0.1) is 11.3 Å². The Morgan fingerprint density at radius 2 is 1.84 bits per heavy atom. The molecule has 158 valence electrons. The molecule has 3 rings (SSSR count). The van der Waals surface area contributed by atoms with Crippen LogP contribution in [0.1, 0.15) is 28.8 Å². The zero-order chi connectivity index (χ0) is 22.2. The largest absolute Gasteiger partial charge is 0.497 e. The lowest BCUT2D eigenvalue weighted by atomic mass is 10.1. The molecule has 2 amide bonds. The first-order valence-corrected chi connectivity index (χ1v) is 9.63. The smallest absolute Gasteiger partial charge is 0.349 e. The third kappa shape index (κ3) is 6.18. The predicted molar refractivity (Wildman–Crippen MR) is 113 cm³/mol. The first-order valence-electron chi connectivity index (χ1n) is 9.63. The van der Waals surface area contributed by atoms with E-state index in [1.54, 1.807) is 54.6 Å². The van der Waals surface area contributed by atoms with Gasteiger partial charge in [0.1, 0.15) is 17.4 Å². The molecule has 1 aliphatic rings. The summed E-state index contributed by atoms with van der Waals surface area (Å²) in [4.78, 5) is 36.7. The Kier molecular flexibility index (Phi) is 7.01. The summed E-state index contributed by atoms with van der Waals surface area (Å²) in [6.07, 6.45) is 3.25. The topological polar surface area (TPSA) is 118 Å². The summed E-state index contributed by atoms with van der Waals surface area (Å²) in [5, 5.41) is 14.7. The van der Waals surface area contributed by atoms with Crippen LogP contribution in [-0.4, -0.2) is 37.5 Å². The SMILES string of the molecule is COc1ccc(/C=C(\C#N)C(=O)OCC(=O)Nc2ccccc2C(=O)NC2CC2)cc1. The van der Waals surface area contributed by atoms with Gasteiger partial charge in [0.15, 0.2) is 6.61 Å². The van der Waals surface area contributed by atoms with Crippen LogP contribution in [0.15, 0.2) is 54.1 Å². The van der Waals surface area contributed by atoms with E-state index in [1.807, 2.05) is 0 Å². The highest BCUT2D eigenvalue weighted by atomic mass is 16.5. The summed E-state index contributed by atoms with van der Waals surface area (Å²) in [5.74, 6) is -1.18. The molecule has 2 aromatic rings. The Morgan fingerprint density at radius 1 is 1.13 bits per heavy atom. The Labute approximate surface area is 179 Å². The first kappa shape index (κ1) is 21.6. The van der Waals surface area contributed by atoms with Gasteiger partial charge in [-0.25, -0.2) is 4.79 Å². The summed E-state index contributed by atoms with van der Waals surface area (Å²) >= 11 is 0. The molecule has 2 N–H and O–H groups in total. The van der Waals surface area contributed by atoms with Crippen LogP contribution in [0.2, 0.25) is 0 Å². The molecule has 0 radical (unpaired) electrons. The highest BCUT2D eigenvalue weighted by molar-refractivity contribution is 6.05. The van der Waals surface area contributed by atoms with E-state index in [9.17, 15) is 19.6 Å². The number of amides is 2. The van der Waals surface area contributed by atoms with E-state index in [4.69, 9.17) is 9.47 Å². The second-order valence-electron chi connectivity index (χ2n) is 6.86. The summed E-state index contributed by atoms with van der Waals surface area (Å²) < 4.78 is 10.0. The van der Waals surface area contributed by atoms with Gasteiger partial charge in [-0.3, -0.25) is 9.59 Å². The van der Waals surface area contributed by atoms with Crippen molar-refractivity contribution in [1.82, 2.24) is 5.32 Å². The maximum absolute atomic E-state index is 12.3. The van der Waals surface area contributed by atoms with Gasteiger partial charge in [-0.15, -0.1) is 0 Å². The minimum absolute atomic E-state index is 0.180. The van der Waals surface area contributed by atoms with Crippen LogP contribution < -0.4 is 15.4 Å². The van der Waals surface area contributed by atoms with Crippen molar-refractivity contribution in [3.63, 3.8) is 0 Å². The third-order valence-electron chi connectivity index (χ3n) is 4.46. The molecule has 1 fully saturated rings. The maximum atomic E-state index is 12.3. The van der Waals surface area contributed by atoms with Crippen molar-refractivity contribution in [2.45, 2.75) is 18.9 Å². The molecule has 0 saturated heterocycles. The van der Waals surface area contributed by atoms with Gasteiger partial charge in [0, 0.05) is 6.04 Å². The summed E-state index contributed by atoms with van der Waals surface area (Å²) in [7, 11) is 1.53. The number of nitriles is 1. The van der Waals surface area contributed by atoms with E-state index < -0.39 is 18.5 Å². The number of carbonyl (C=O) groups is 3. The molecule has 0 aromatic heterocycles. The van der Waals surface area contributed by atoms with Gasteiger partial charge in [0.2, 0.25) is 0 Å². The number of nitrogens with one attached hydrogen (secondary N) is 2. The molecule has 1 aliphatic carbocycles. The number of ether oxygens (including phenoxy) is 2. The van der Waals surface area contributed by atoms with Crippen LogP contribution in [0.4, 0.5) is 5.69 Å². The summed E-state index contributed by atoms with van der Waals surface area (Å²) in [5.41, 5.74) is 0.999. The lowest BCUT2D eigenvalue weighted by Crippen LogP contribution is -2.28. The molecule has 0 bridgehead atoms. The fourth-order valence-corrected chi connectivity index (χ4v) is 2.68. The molecule has 31 heavy (non-hydrogen) atoms. The monoisotopic (exact) mass is 419 g/mol. The van der Waals surface area contributed by atoms with Gasteiger partial charge in [-0.2, -0.15) is 5.26 Å². The number of hydrogen-bond donors (Lipinski definition) is 2. The predicted octanol–water partition coefficient (Wildman–Crippen LogP) is 2.68. The molecule has 0 spiro atoms. The minimum Gasteiger partial charge on any atom is -0.497 e. The van der Waals surface area contributed by atoms with Crippen molar-refractivity contribution in [1.29, 1.82) is 5.26 Å². The molecule has 0 heterocycles. The average molecular weight is 419 g/mol. The number of para-hydroxylation sites is 1. The van der Waals surface area contributed by atoms with Crippen molar-refractivity contribution >= 4 is 29.5 Å². The van der Waals surface area contributed by atoms with Crippen molar-refractivity contribution < 1.29 is 23.9 Å². The molecule has 0 aliphatic heterocycles. The maximum Gasteiger partial charge on any atom is 0.349 e. The lowest BCUT2D eigenvalue weighted by Gasteiger charge is -2.11. The fraction of sp³-hybridized carbons (Fsp3) is 0.217. The van der Waals surface area contributed by atoms with Gasteiger partial charge < -0.3 is 20.1 Å². The van der Waals surface area contributed by atoms with Crippen molar-refractivity contribution in [2.75, 3.05) is 19.0 Å². The van der Waals surface area contributed by atoms with E-state index in [0.29, 0.717) is 22.6 Å². The normalized spacial score (nSPS) is 13.0. The van der Waals surface area contributed by atoms with Gasteiger partial charge in [0.05, 0.1) is 18.4 Å². The minimum atomic E-state index is -0.923. The summed E-state index contributed by atoms with van der Waals surface area (Å²) in [6, 6.07) is 15.3. The number of anilines is 1. The van der Waals surface area contributed by atoms with E-state index in [1.165, 1.54) is 13.2 Å². The first-order chi connectivity index (χ1) is 15.0. The van der Waals surface area contributed by atoms with Crippen LogP contribution in [-0.2, 0) is 14.3 Å². The van der Waals surface area contributed by atoms with Crippen LogP contribution in [0.3, 0.4) is 0 Å². The molecule has 8 nitrogen and oxygen atoms in total. The molecule has 0 atom stereocenters. The highest BCUT2D eigenvalue weighted by Gasteiger charge is 2.25. The number of esters is 1. The third-order valence-corrected chi connectivity index (χ3v) is 4.46. The van der Waals surface area contributed by atoms with E-state index in [-0.39, 0.29) is 17.5 Å². The number of carbonyl (C=O) groups excluding carboxylic acids is 3. The lowest BCUT2D eigenvalue weighted by molar-refractivity contribution is -0.142. The molecular formula is C23H21N3O5. The molecule has 2 aromatic carbocycles. The summed E-state index contributed by atoms with van der Waals surface area (Å²) in [6.45, 7) is -0.598. The second kappa shape index (κ2) is 10.1. The number of hydrogen-bond acceptors (Lipinski definition) is 6. The number of nitrogens with zero attached hydrogens (tertiary/aromatic N) is 1. The van der Waals surface area contributed by atoms with E-state index in [2.05, 4.69) is 10.6 Å². The van der Waals surface area contributed by atoms with Gasteiger partial charge in [-0.05, 0) is 48.7 Å². The Hall–Kier alpha value is -4.12. The van der Waals surface area contributed by atoms with E-state index >= 15 is 0 Å². The number of benzene rings is 2. The quantitative estimate of drug-likeness (QED) is 0.386. The number of rotatable bonds is 8. The molecule has 0 unspecified atom stereocenters. The fourth-order valence-electron chi connectivity index (χ4n) is 2.68. The standard InChI is InChI=1S/C23H21N3O5/c1-30-18-10-6-15(7-11-18)12-16(13-24)23(29)31-14-21(27)26-20-5-3-2-4-19(20)22(28)25-17-8-9-17/h2-7,10-12,17H,8-9,14H2,1H3,(H,25,28)(H,26,27)/b16-12+. The van der Waals surface area contributed by atoms with Crippen LogP contribution in [0.25, 0.3) is 6.08 Å². The zero-order valence-electron chi connectivity index (χ0n) is 16.9. The van der Waals surface area contributed by atoms with Crippen molar-refractivity contribution in [3.8, 4) is 11.8 Å². The van der Waals surface area contributed by atoms with Crippen LogP contribution >= 0.6 is 0 Å². The average Bonchev–Trinajstić information content (AvgIpc) is 3.60. The molecule has 1 saturated carbocycles.